The van der Waals surface area contributed by atoms with Gasteiger partial charge in [-0.05, 0) is 86.6 Å². The number of aromatic amines is 1. The lowest BCUT2D eigenvalue weighted by Gasteiger charge is -2.55. The van der Waals surface area contributed by atoms with Gasteiger partial charge in [-0.25, -0.2) is 4.98 Å². The number of carbonyl (C=O) groups is 2. The first-order valence-corrected chi connectivity index (χ1v) is 13.3. The molecule has 4 fully saturated rings. The van der Waals surface area contributed by atoms with Gasteiger partial charge in [0, 0.05) is 17.4 Å². The number of amides is 2. The van der Waals surface area contributed by atoms with Crippen molar-refractivity contribution in [1.29, 1.82) is 0 Å². The van der Waals surface area contributed by atoms with E-state index in [9.17, 15) is 9.59 Å². The molecule has 4 saturated carbocycles. The van der Waals surface area contributed by atoms with Crippen LogP contribution in [-0.4, -0.2) is 34.6 Å². The van der Waals surface area contributed by atoms with Crippen LogP contribution >= 0.6 is 11.8 Å². The summed E-state index contributed by atoms with van der Waals surface area (Å²) in [5, 5.41) is 6.80. The van der Waals surface area contributed by atoms with E-state index < -0.39 is 0 Å². The van der Waals surface area contributed by atoms with Crippen LogP contribution in [0.4, 0.5) is 11.4 Å². The van der Waals surface area contributed by atoms with E-state index in [-0.39, 0.29) is 23.0 Å². The van der Waals surface area contributed by atoms with Gasteiger partial charge >= 0.3 is 0 Å². The molecule has 3 N–H and O–H groups in total. The first-order valence-electron chi connectivity index (χ1n) is 12.4. The quantitative estimate of drug-likeness (QED) is 0.382. The lowest BCUT2D eigenvalue weighted by molar-refractivity contribution is -0.140. The fraction of sp³-hybridized carbons (Fsp3) is 0.444. The summed E-state index contributed by atoms with van der Waals surface area (Å²) < 4.78 is 5.25. The molecule has 0 aliphatic heterocycles. The number of methoxy groups -OCH3 is 1. The normalized spacial score (nSPS) is 26.6. The summed E-state index contributed by atoms with van der Waals surface area (Å²) in [6.45, 7) is 0. The minimum Gasteiger partial charge on any atom is -0.497 e. The molecule has 0 radical (unpaired) electrons. The summed E-state index contributed by atoms with van der Waals surface area (Å²) in [6, 6.07) is 13.1. The zero-order valence-corrected chi connectivity index (χ0v) is 20.6. The molecule has 1 heterocycles. The Morgan fingerprint density at radius 3 is 2.40 bits per heavy atom. The number of nitrogens with one attached hydrogen (secondary N) is 3. The summed E-state index contributed by atoms with van der Waals surface area (Å²) in [4.78, 5) is 33.7. The molecule has 182 valence electrons. The largest absolute Gasteiger partial charge is 0.497 e. The van der Waals surface area contributed by atoms with E-state index >= 15 is 0 Å². The number of imidazole rings is 1. The molecule has 4 bridgehead atoms. The van der Waals surface area contributed by atoms with Gasteiger partial charge in [-0.15, -0.1) is 0 Å². The number of ether oxygens (including phenoxy) is 1. The molecule has 0 atom stereocenters. The minimum atomic E-state index is -0.193. The molecule has 7 nitrogen and oxygen atoms in total. The van der Waals surface area contributed by atoms with Crippen LogP contribution in [0.1, 0.15) is 38.5 Å². The third kappa shape index (κ3) is 4.51. The summed E-state index contributed by atoms with van der Waals surface area (Å²) in [5.74, 6) is 3.19. The number of hydrogen-bond acceptors (Lipinski definition) is 5. The van der Waals surface area contributed by atoms with Gasteiger partial charge < -0.3 is 20.4 Å². The van der Waals surface area contributed by atoms with Crippen LogP contribution in [-0.2, 0) is 9.59 Å². The van der Waals surface area contributed by atoms with Crippen LogP contribution in [0.3, 0.4) is 0 Å². The second kappa shape index (κ2) is 8.90. The van der Waals surface area contributed by atoms with Crippen molar-refractivity contribution in [2.75, 3.05) is 23.5 Å². The lowest BCUT2D eigenvalue weighted by atomic mass is 9.49. The third-order valence-corrected chi connectivity index (χ3v) is 8.80. The van der Waals surface area contributed by atoms with Crippen molar-refractivity contribution in [2.45, 2.75) is 43.7 Å². The number of hydrogen-bond donors (Lipinski definition) is 3. The Labute approximate surface area is 208 Å². The maximum absolute atomic E-state index is 13.4. The van der Waals surface area contributed by atoms with Gasteiger partial charge in [0.25, 0.3) is 0 Å². The topological polar surface area (TPSA) is 96.1 Å². The molecule has 3 aromatic rings. The van der Waals surface area contributed by atoms with Gasteiger partial charge in [-0.2, -0.15) is 0 Å². The number of fused-ring (bicyclic) bond motifs is 1. The molecule has 8 heteroatoms. The summed E-state index contributed by atoms with van der Waals surface area (Å²) in [7, 11) is 1.63. The van der Waals surface area contributed by atoms with Crippen LogP contribution < -0.4 is 15.4 Å². The van der Waals surface area contributed by atoms with E-state index in [0.717, 1.165) is 59.5 Å². The fourth-order valence-electron chi connectivity index (χ4n) is 6.82. The average Bonchev–Trinajstić information content (AvgIpc) is 3.24. The summed E-state index contributed by atoms with van der Waals surface area (Å²) in [5.41, 5.74) is 2.92. The molecule has 0 saturated heterocycles. The van der Waals surface area contributed by atoms with Gasteiger partial charge in [0.1, 0.15) is 5.75 Å². The highest BCUT2D eigenvalue weighted by molar-refractivity contribution is 7.99. The Morgan fingerprint density at radius 1 is 1.03 bits per heavy atom. The molecule has 0 spiro atoms. The van der Waals surface area contributed by atoms with Gasteiger partial charge in [0.05, 0.1) is 29.3 Å². The number of anilines is 2. The van der Waals surface area contributed by atoms with Crippen LogP contribution in [0.2, 0.25) is 0 Å². The maximum Gasteiger partial charge on any atom is 0.234 e. The van der Waals surface area contributed by atoms with Gasteiger partial charge in [0.2, 0.25) is 11.8 Å². The highest BCUT2D eigenvalue weighted by Crippen LogP contribution is 2.60. The highest BCUT2D eigenvalue weighted by atomic mass is 32.2. The van der Waals surface area contributed by atoms with Crippen LogP contribution in [0.5, 0.6) is 5.75 Å². The Kier molecular flexibility index (Phi) is 5.71. The van der Waals surface area contributed by atoms with E-state index in [0.29, 0.717) is 10.8 Å². The standard InChI is InChI=1S/C27H30N4O3S/c1-34-21-5-6-22-23(11-21)31-26(30-22)35-15-24(32)28-19-3-2-4-20(10-19)29-25(33)27-12-16-7-17(13-27)9-18(8-16)14-27/h2-6,10-11,16-18H,7-9,12-15H2,1H3,(H,28,32)(H,29,33)(H,30,31). The van der Waals surface area contributed by atoms with Crippen LogP contribution in [0.25, 0.3) is 11.0 Å². The summed E-state index contributed by atoms with van der Waals surface area (Å²) in [6.07, 6.45) is 7.05. The first-order chi connectivity index (χ1) is 17.0. The fourth-order valence-corrected chi connectivity index (χ4v) is 7.50. The zero-order valence-electron chi connectivity index (χ0n) is 19.8. The van der Waals surface area contributed by atoms with E-state index in [4.69, 9.17) is 4.74 Å². The van der Waals surface area contributed by atoms with Crippen molar-refractivity contribution < 1.29 is 14.3 Å². The van der Waals surface area contributed by atoms with Crippen LogP contribution in [0.15, 0.2) is 47.6 Å². The predicted molar refractivity (Wildman–Crippen MR) is 138 cm³/mol. The highest BCUT2D eigenvalue weighted by Gasteiger charge is 2.54. The van der Waals surface area contributed by atoms with Crippen molar-refractivity contribution >= 4 is 46.0 Å². The number of carbonyl (C=O) groups excluding carboxylic acids is 2. The molecular formula is C27H30N4O3S. The number of aromatic nitrogens is 2. The number of thioether (sulfide) groups is 1. The van der Waals surface area contributed by atoms with Gasteiger partial charge in [-0.1, -0.05) is 17.8 Å². The maximum atomic E-state index is 13.4. The van der Waals surface area contributed by atoms with Gasteiger partial charge in [0.15, 0.2) is 5.16 Å². The van der Waals surface area contributed by atoms with Crippen molar-refractivity contribution in [1.82, 2.24) is 9.97 Å². The third-order valence-electron chi connectivity index (χ3n) is 7.93. The lowest BCUT2D eigenvalue weighted by Crippen LogP contribution is -2.51. The minimum absolute atomic E-state index is 0.127. The predicted octanol–water partition coefficient (Wildman–Crippen LogP) is 5.46. The second-order valence-corrected chi connectivity index (χ2v) is 11.5. The monoisotopic (exact) mass is 490 g/mol. The number of benzene rings is 2. The molecule has 1 aromatic heterocycles. The number of rotatable bonds is 7. The van der Waals surface area contributed by atoms with E-state index in [1.54, 1.807) is 7.11 Å². The van der Waals surface area contributed by atoms with Crippen molar-refractivity contribution in [3.63, 3.8) is 0 Å². The Hall–Kier alpha value is -3.00. The SMILES string of the molecule is COc1ccc2nc(SCC(=O)Nc3cccc(NC(=O)C45CC6CC(CC(C6)C4)C5)c3)[nH]c2c1. The van der Waals surface area contributed by atoms with Crippen molar-refractivity contribution in [2.24, 2.45) is 23.2 Å². The molecule has 35 heavy (non-hydrogen) atoms. The molecular weight excluding hydrogens is 460 g/mol. The van der Waals surface area contributed by atoms with E-state index in [1.165, 1.54) is 31.0 Å². The smallest absolute Gasteiger partial charge is 0.234 e. The molecule has 4 aliphatic rings. The molecule has 0 unspecified atom stereocenters. The molecule has 2 amide bonds. The van der Waals surface area contributed by atoms with Crippen molar-refractivity contribution in [3.05, 3.63) is 42.5 Å². The second-order valence-electron chi connectivity index (χ2n) is 10.5. The average molecular weight is 491 g/mol. The Bertz CT molecular complexity index is 1250. The zero-order chi connectivity index (χ0) is 24.0. The number of nitrogens with zero attached hydrogens (tertiary/aromatic N) is 1. The van der Waals surface area contributed by atoms with Gasteiger partial charge in [-0.3, -0.25) is 9.59 Å². The molecule has 4 aliphatic carbocycles. The summed E-state index contributed by atoms with van der Waals surface area (Å²) >= 11 is 1.34. The van der Waals surface area contributed by atoms with Crippen LogP contribution in [0, 0.1) is 23.2 Å². The van der Waals surface area contributed by atoms with Crippen molar-refractivity contribution in [3.8, 4) is 5.75 Å². The Morgan fingerprint density at radius 2 is 1.71 bits per heavy atom. The van der Waals surface area contributed by atoms with E-state index in [1.807, 2.05) is 42.5 Å². The van der Waals surface area contributed by atoms with E-state index in [2.05, 4.69) is 20.6 Å². The molecule has 7 rings (SSSR count). The Balaban J connectivity index is 1.06. The molecule has 2 aromatic carbocycles. The number of H-pyrrole nitrogens is 1. The first kappa shape index (κ1) is 22.5.